The molecule has 1 aliphatic heterocycles. The maximum absolute atomic E-state index is 11.3. The van der Waals surface area contributed by atoms with E-state index in [9.17, 15) is 9.59 Å². The van der Waals surface area contributed by atoms with Crippen LogP contribution in [0.15, 0.2) is 0 Å². The van der Waals surface area contributed by atoms with Crippen LogP contribution in [0.4, 0.5) is 0 Å². The van der Waals surface area contributed by atoms with E-state index in [1.807, 2.05) is 13.8 Å². The molecule has 1 saturated heterocycles. The summed E-state index contributed by atoms with van der Waals surface area (Å²) in [5.41, 5.74) is 0. The van der Waals surface area contributed by atoms with Gasteiger partial charge in [0.15, 0.2) is 0 Å². The minimum Gasteiger partial charge on any atom is -0.357 e. The first-order valence-electron chi connectivity index (χ1n) is 6.74. The second-order valence-corrected chi connectivity index (χ2v) is 6.39. The minimum absolute atomic E-state index is 0.000892. The van der Waals surface area contributed by atoms with Crippen molar-refractivity contribution in [3.63, 3.8) is 0 Å². The first kappa shape index (κ1) is 15.3. The summed E-state index contributed by atoms with van der Waals surface area (Å²) >= 11 is 0. The Morgan fingerprint density at radius 3 is 2.50 bits per heavy atom. The number of amides is 2. The molecule has 1 atom stereocenters. The van der Waals surface area contributed by atoms with E-state index in [0.29, 0.717) is 19.6 Å². The number of carbonyl (C=O) groups is 2. The molecule has 0 radical (unpaired) electrons. The van der Waals surface area contributed by atoms with Crippen molar-refractivity contribution in [1.29, 1.82) is 0 Å². The number of nitrogens with one attached hydrogen (secondary N) is 1. The van der Waals surface area contributed by atoms with Crippen LogP contribution in [0.25, 0.3) is 0 Å². The summed E-state index contributed by atoms with van der Waals surface area (Å²) in [6.45, 7) is 5.29. The van der Waals surface area contributed by atoms with Gasteiger partial charge in [-0.05, 0) is 20.3 Å². The minimum atomic E-state index is -0.426. The highest BCUT2D eigenvalue weighted by molar-refractivity contribution is 6.36. The maximum Gasteiger partial charge on any atom is 0.230 e. The van der Waals surface area contributed by atoms with Gasteiger partial charge < -0.3 is 9.47 Å². The number of hydrogen-bond acceptors (Lipinski definition) is 4. The molecular formula is C12H23NO4Si. The SMILES string of the molecule is CCOC(OCC)[SiH2]CCCC1CC(=O)NC1=O. The molecule has 2 amide bonds. The molecule has 1 N–H and O–H groups in total. The molecule has 0 aromatic rings. The Balaban J connectivity index is 2.13. The third-order valence-corrected chi connectivity index (χ3v) is 4.86. The summed E-state index contributed by atoms with van der Waals surface area (Å²) in [5, 5.41) is 2.34. The summed E-state index contributed by atoms with van der Waals surface area (Å²) in [7, 11) is -0.426. The molecule has 1 fully saturated rings. The molecule has 18 heavy (non-hydrogen) atoms. The van der Waals surface area contributed by atoms with Gasteiger partial charge in [0, 0.05) is 25.6 Å². The molecule has 0 saturated carbocycles. The van der Waals surface area contributed by atoms with Crippen molar-refractivity contribution >= 4 is 21.3 Å². The third kappa shape index (κ3) is 5.28. The van der Waals surface area contributed by atoms with Gasteiger partial charge >= 0.3 is 0 Å². The van der Waals surface area contributed by atoms with Crippen LogP contribution in [-0.4, -0.2) is 40.5 Å². The topological polar surface area (TPSA) is 64.6 Å². The Hall–Kier alpha value is -0.723. The van der Waals surface area contributed by atoms with Crippen LogP contribution in [0.5, 0.6) is 0 Å². The average molecular weight is 273 g/mol. The van der Waals surface area contributed by atoms with Gasteiger partial charge in [0.2, 0.25) is 11.8 Å². The first-order valence-corrected chi connectivity index (χ1v) is 8.55. The van der Waals surface area contributed by atoms with E-state index in [0.717, 1.165) is 18.9 Å². The summed E-state index contributed by atoms with van der Waals surface area (Å²) in [6, 6.07) is 1.09. The maximum atomic E-state index is 11.3. The molecule has 0 spiro atoms. The van der Waals surface area contributed by atoms with Crippen LogP contribution in [-0.2, 0) is 19.1 Å². The van der Waals surface area contributed by atoms with Crippen molar-refractivity contribution in [1.82, 2.24) is 5.32 Å². The predicted octanol–water partition coefficient (Wildman–Crippen LogP) is 0.373. The lowest BCUT2D eigenvalue weighted by Gasteiger charge is -2.16. The number of rotatable bonds is 9. The van der Waals surface area contributed by atoms with E-state index in [4.69, 9.17) is 9.47 Å². The largest absolute Gasteiger partial charge is 0.357 e. The van der Waals surface area contributed by atoms with Crippen molar-refractivity contribution in [3.8, 4) is 0 Å². The Bertz CT molecular complexity index is 279. The summed E-state index contributed by atoms with van der Waals surface area (Å²) in [5.74, 6) is -0.347. The lowest BCUT2D eigenvalue weighted by molar-refractivity contribution is -0.125. The highest BCUT2D eigenvalue weighted by Gasteiger charge is 2.29. The molecule has 104 valence electrons. The lowest BCUT2D eigenvalue weighted by Crippen LogP contribution is -2.25. The molecule has 5 nitrogen and oxygen atoms in total. The molecule has 1 aliphatic rings. The highest BCUT2D eigenvalue weighted by Crippen LogP contribution is 2.18. The smallest absolute Gasteiger partial charge is 0.230 e. The Morgan fingerprint density at radius 1 is 1.33 bits per heavy atom. The fourth-order valence-corrected chi connectivity index (χ4v) is 3.84. The van der Waals surface area contributed by atoms with Gasteiger partial charge in [0.1, 0.15) is 5.91 Å². The van der Waals surface area contributed by atoms with Crippen LogP contribution >= 0.6 is 0 Å². The zero-order chi connectivity index (χ0) is 13.4. The van der Waals surface area contributed by atoms with Crippen LogP contribution in [0.3, 0.4) is 0 Å². The van der Waals surface area contributed by atoms with Crippen LogP contribution in [0, 0.1) is 5.92 Å². The van der Waals surface area contributed by atoms with Crippen molar-refractivity contribution in [2.45, 2.75) is 45.1 Å². The van der Waals surface area contributed by atoms with Gasteiger partial charge in [0.25, 0.3) is 0 Å². The lowest BCUT2D eigenvalue weighted by atomic mass is 10.0. The van der Waals surface area contributed by atoms with Crippen LogP contribution in [0.1, 0.15) is 33.1 Å². The van der Waals surface area contributed by atoms with E-state index in [2.05, 4.69) is 5.32 Å². The van der Waals surface area contributed by atoms with E-state index < -0.39 is 9.52 Å². The van der Waals surface area contributed by atoms with Crippen molar-refractivity contribution in [2.75, 3.05) is 13.2 Å². The van der Waals surface area contributed by atoms with Gasteiger partial charge in [-0.2, -0.15) is 0 Å². The predicted molar refractivity (Wildman–Crippen MR) is 70.9 cm³/mol. The third-order valence-electron chi connectivity index (χ3n) is 3.01. The van der Waals surface area contributed by atoms with Crippen molar-refractivity contribution in [3.05, 3.63) is 0 Å². The molecule has 0 aliphatic carbocycles. The zero-order valence-electron chi connectivity index (χ0n) is 11.2. The quantitative estimate of drug-likeness (QED) is 0.285. The molecular weight excluding hydrogens is 250 g/mol. The number of carbonyl (C=O) groups excluding carboxylic acids is 2. The number of hydrogen-bond donors (Lipinski definition) is 1. The van der Waals surface area contributed by atoms with Gasteiger partial charge in [-0.25, -0.2) is 0 Å². The second-order valence-electron chi connectivity index (χ2n) is 4.44. The van der Waals surface area contributed by atoms with Crippen molar-refractivity contribution < 1.29 is 19.1 Å². The molecule has 0 bridgehead atoms. The second kappa shape index (κ2) is 8.39. The normalized spacial score (nSPS) is 20.3. The average Bonchev–Trinajstić information content (AvgIpc) is 2.64. The van der Waals surface area contributed by atoms with E-state index >= 15 is 0 Å². The van der Waals surface area contributed by atoms with Gasteiger partial charge in [0.05, 0.1) is 9.52 Å². The molecule has 1 heterocycles. The Kier molecular flexibility index (Phi) is 7.15. The molecule has 0 aromatic carbocycles. The molecule has 1 unspecified atom stereocenters. The highest BCUT2D eigenvalue weighted by atomic mass is 28.2. The first-order chi connectivity index (χ1) is 8.67. The van der Waals surface area contributed by atoms with Gasteiger partial charge in [-0.3, -0.25) is 14.9 Å². The zero-order valence-corrected chi connectivity index (χ0v) is 12.7. The van der Waals surface area contributed by atoms with Crippen molar-refractivity contribution in [2.24, 2.45) is 5.92 Å². The number of imide groups is 1. The fourth-order valence-electron chi connectivity index (χ4n) is 2.13. The fraction of sp³-hybridized carbons (Fsp3) is 0.833. The van der Waals surface area contributed by atoms with Gasteiger partial charge in [-0.15, -0.1) is 0 Å². The summed E-state index contributed by atoms with van der Waals surface area (Å²) in [4.78, 5) is 22.4. The molecule has 6 heteroatoms. The van der Waals surface area contributed by atoms with Crippen LogP contribution < -0.4 is 5.32 Å². The Morgan fingerprint density at radius 2 is 2.00 bits per heavy atom. The molecule has 0 aromatic heterocycles. The standard InChI is InChI=1S/C12H23NO4Si/c1-3-16-12(17-4-2)18-7-5-6-9-8-10(14)13-11(9)15/h9,12H,3-8,18H2,1-2H3,(H,13,14,15). The summed E-state index contributed by atoms with van der Waals surface area (Å²) < 4.78 is 11.0. The van der Waals surface area contributed by atoms with Crippen LogP contribution in [0.2, 0.25) is 6.04 Å². The molecule has 1 rings (SSSR count). The van der Waals surface area contributed by atoms with Gasteiger partial charge in [-0.1, -0.05) is 12.5 Å². The monoisotopic (exact) mass is 273 g/mol. The van der Waals surface area contributed by atoms with E-state index in [-0.39, 0.29) is 23.6 Å². The summed E-state index contributed by atoms with van der Waals surface area (Å²) in [6.07, 6.45) is 2.14. The van der Waals surface area contributed by atoms with E-state index in [1.165, 1.54) is 0 Å². The Labute approximate surface area is 110 Å². The van der Waals surface area contributed by atoms with E-state index in [1.54, 1.807) is 0 Å². The number of ether oxygens (including phenoxy) is 2.